The average Bonchev–Trinajstić information content (AvgIpc) is 2.96. The van der Waals surface area contributed by atoms with Crippen LogP contribution >= 0.6 is 0 Å². The van der Waals surface area contributed by atoms with Crippen LogP contribution in [0.3, 0.4) is 0 Å². The van der Waals surface area contributed by atoms with Gasteiger partial charge in [0, 0.05) is 33.3 Å². The molecule has 0 saturated heterocycles. The first kappa shape index (κ1) is 14.0. The fraction of sp³-hybridized carbons (Fsp3) is 0.385. The van der Waals surface area contributed by atoms with Gasteiger partial charge in [-0.05, 0) is 18.6 Å². The number of aromatic amines is 1. The van der Waals surface area contributed by atoms with Gasteiger partial charge in [0.05, 0.1) is 5.56 Å². The summed E-state index contributed by atoms with van der Waals surface area (Å²) in [5, 5.41) is 9.82. The maximum atomic E-state index is 11.7. The number of aromatic nitrogens is 4. The number of anilines is 1. The van der Waals surface area contributed by atoms with Crippen LogP contribution < -0.4 is 5.32 Å². The van der Waals surface area contributed by atoms with Gasteiger partial charge in [0.15, 0.2) is 0 Å². The standard InChI is InChI=1S/C13H18N6O/c1-19(2)13(20)10-5-6-11(15-8-10)14-7-3-4-12-16-9-17-18-12/h5-6,8-9H,3-4,7H2,1-2H3,(H,14,15)(H,16,17,18). The van der Waals surface area contributed by atoms with E-state index >= 15 is 0 Å². The lowest BCUT2D eigenvalue weighted by atomic mass is 10.2. The first-order valence-corrected chi connectivity index (χ1v) is 6.42. The molecule has 0 aliphatic rings. The normalized spacial score (nSPS) is 10.3. The van der Waals surface area contributed by atoms with Crippen molar-refractivity contribution < 1.29 is 4.79 Å². The highest BCUT2D eigenvalue weighted by atomic mass is 16.2. The fourth-order valence-corrected chi connectivity index (χ4v) is 1.71. The Morgan fingerprint density at radius 2 is 2.20 bits per heavy atom. The van der Waals surface area contributed by atoms with E-state index in [0.717, 1.165) is 31.0 Å². The van der Waals surface area contributed by atoms with Gasteiger partial charge in [-0.3, -0.25) is 9.89 Å². The Balaban J connectivity index is 1.77. The minimum absolute atomic E-state index is 0.0469. The Kier molecular flexibility index (Phi) is 4.65. The summed E-state index contributed by atoms with van der Waals surface area (Å²) < 4.78 is 0. The van der Waals surface area contributed by atoms with Gasteiger partial charge in [-0.2, -0.15) is 5.10 Å². The molecule has 2 aromatic rings. The maximum Gasteiger partial charge on any atom is 0.254 e. The van der Waals surface area contributed by atoms with Crippen LogP contribution in [0.5, 0.6) is 0 Å². The molecule has 20 heavy (non-hydrogen) atoms. The van der Waals surface area contributed by atoms with Crippen LogP contribution in [0.4, 0.5) is 5.82 Å². The monoisotopic (exact) mass is 274 g/mol. The van der Waals surface area contributed by atoms with Crippen molar-refractivity contribution in [1.82, 2.24) is 25.1 Å². The number of nitrogens with zero attached hydrogens (tertiary/aromatic N) is 4. The van der Waals surface area contributed by atoms with Gasteiger partial charge in [0.25, 0.3) is 5.91 Å². The Hall–Kier alpha value is -2.44. The molecule has 2 N–H and O–H groups in total. The van der Waals surface area contributed by atoms with Crippen LogP contribution in [0, 0.1) is 0 Å². The second kappa shape index (κ2) is 6.65. The van der Waals surface area contributed by atoms with Crippen molar-refractivity contribution in [3.63, 3.8) is 0 Å². The third kappa shape index (κ3) is 3.78. The summed E-state index contributed by atoms with van der Waals surface area (Å²) in [6.45, 7) is 0.786. The van der Waals surface area contributed by atoms with Crippen LogP contribution in [-0.4, -0.2) is 51.6 Å². The van der Waals surface area contributed by atoms with E-state index in [1.807, 2.05) is 6.07 Å². The van der Waals surface area contributed by atoms with E-state index in [0.29, 0.717) is 5.56 Å². The molecule has 0 radical (unpaired) electrons. The average molecular weight is 274 g/mol. The maximum absolute atomic E-state index is 11.7. The van der Waals surface area contributed by atoms with E-state index < -0.39 is 0 Å². The predicted molar refractivity (Wildman–Crippen MR) is 75.4 cm³/mol. The zero-order valence-corrected chi connectivity index (χ0v) is 11.6. The minimum atomic E-state index is -0.0469. The molecule has 1 amide bonds. The van der Waals surface area contributed by atoms with E-state index in [4.69, 9.17) is 0 Å². The van der Waals surface area contributed by atoms with Crippen molar-refractivity contribution in [2.24, 2.45) is 0 Å². The molecule has 106 valence electrons. The van der Waals surface area contributed by atoms with Crippen molar-refractivity contribution in [2.75, 3.05) is 26.0 Å². The molecule has 0 bridgehead atoms. The van der Waals surface area contributed by atoms with Crippen LogP contribution in [0.1, 0.15) is 22.6 Å². The Morgan fingerprint density at radius 3 is 2.80 bits per heavy atom. The lowest BCUT2D eigenvalue weighted by Crippen LogP contribution is -2.21. The van der Waals surface area contributed by atoms with E-state index in [1.165, 1.54) is 11.2 Å². The van der Waals surface area contributed by atoms with E-state index in [9.17, 15) is 4.79 Å². The number of rotatable bonds is 6. The zero-order valence-electron chi connectivity index (χ0n) is 11.6. The highest BCUT2D eigenvalue weighted by Crippen LogP contribution is 2.07. The Bertz CT molecular complexity index is 534. The fourth-order valence-electron chi connectivity index (χ4n) is 1.71. The molecule has 0 saturated carbocycles. The minimum Gasteiger partial charge on any atom is -0.370 e. The number of nitrogens with one attached hydrogen (secondary N) is 2. The first-order chi connectivity index (χ1) is 9.66. The van der Waals surface area contributed by atoms with Gasteiger partial charge in [0.1, 0.15) is 18.0 Å². The number of carbonyl (C=O) groups is 1. The second-order valence-electron chi connectivity index (χ2n) is 4.59. The second-order valence-corrected chi connectivity index (χ2v) is 4.59. The quantitative estimate of drug-likeness (QED) is 0.766. The Morgan fingerprint density at radius 1 is 1.35 bits per heavy atom. The summed E-state index contributed by atoms with van der Waals surface area (Å²) in [7, 11) is 3.44. The van der Waals surface area contributed by atoms with Gasteiger partial charge in [-0.15, -0.1) is 0 Å². The van der Waals surface area contributed by atoms with E-state index in [2.05, 4.69) is 25.5 Å². The van der Waals surface area contributed by atoms with Crippen molar-refractivity contribution >= 4 is 11.7 Å². The van der Waals surface area contributed by atoms with Gasteiger partial charge < -0.3 is 10.2 Å². The SMILES string of the molecule is CN(C)C(=O)c1ccc(NCCCc2ncn[nH]2)nc1. The van der Waals surface area contributed by atoms with Gasteiger partial charge in [-0.25, -0.2) is 9.97 Å². The molecular weight excluding hydrogens is 256 g/mol. The third-order valence-corrected chi connectivity index (χ3v) is 2.78. The summed E-state index contributed by atoms with van der Waals surface area (Å²) in [4.78, 5) is 21.5. The molecule has 2 rings (SSSR count). The predicted octanol–water partition coefficient (Wildman–Crippen LogP) is 0.946. The van der Waals surface area contributed by atoms with Crippen LogP contribution in [0.15, 0.2) is 24.7 Å². The molecule has 0 aliphatic heterocycles. The zero-order chi connectivity index (χ0) is 14.4. The third-order valence-electron chi connectivity index (χ3n) is 2.78. The molecule has 0 aromatic carbocycles. The molecule has 2 aromatic heterocycles. The number of carbonyl (C=O) groups excluding carboxylic acids is 1. The van der Waals surface area contributed by atoms with E-state index in [1.54, 1.807) is 26.4 Å². The smallest absolute Gasteiger partial charge is 0.254 e. The summed E-state index contributed by atoms with van der Waals surface area (Å²) in [5.41, 5.74) is 0.585. The molecule has 0 unspecified atom stereocenters. The van der Waals surface area contributed by atoms with Gasteiger partial charge in [-0.1, -0.05) is 0 Å². The molecule has 0 aliphatic carbocycles. The molecule has 7 nitrogen and oxygen atoms in total. The molecule has 0 fully saturated rings. The van der Waals surface area contributed by atoms with Crippen LogP contribution in [0.25, 0.3) is 0 Å². The van der Waals surface area contributed by atoms with Gasteiger partial charge >= 0.3 is 0 Å². The highest BCUT2D eigenvalue weighted by Gasteiger charge is 2.07. The van der Waals surface area contributed by atoms with Crippen molar-refractivity contribution in [3.8, 4) is 0 Å². The van der Waals surface area contributed by atoms with Crippen molar-refractivity contribution in [1.29, 1.82) is 0 Å². The number of hydrogen-bond donors (Lipinski definition) is 2. The number of aryl methyl sites for hydroxylation is 1. The molecule has 0 atom stereocenters. The lowest BCUT2D eigenvalue weighted by Gasteiger charge is -2.10. The molecule has 2 heterocycles. The number of H-pyrrole nitrogens is 1. The number of amides is 1. The molecule has 0 spiro atoms. The lowest BCUT2D eigenvalue weighted by molar-refractivity contribution is 0.0827. The van der Waals surface area contributed by atoms with Crippen LogP contribution in [-0.2, 0) is 6.42 Å². The van der Waals surface area contributed by atoms with Crippen molar-refractivity contribution in [2.45, 2.75) is 12.8 Å². The van der Waals surface area contributed by atoms with Crippen LogP contribution in [0.2, 0.25) is 0 Å². The first-order valence-electron chi connectivity index (χ1n) is 6.42. The number of pyridine rings is 1. The topological polar surface area (TPSA) is 86.8 Å². The summed E-state index contributed by atoms with van der Waals surface area (Å²) in [6, 6.07) is 3.58. The highest BCUT2D eigenvalue weighted by molar-refractivity contribution is 5.93. The number of hydrogen-bond acceptors (Lipinski definition) is 5. The summed E-state index contributed by atoms with van der Waals surface area (Å²) in [6.07, 6.45) is 4.85. The Labute approximate surface area is 117 Å². The van der Waals surface area contributed by atoms with Gasteiger partial charge in [0.2, 0.25) is 0 Å². The summed E-state index contributed by atoms with van der Waals surface area (Å²) in [5.74, 6) is 1.60. The van der Waals surface area contributed by atoms with E-state index in [-0.39, 0.29) is 5.91 Å². The molecule has 7 heteroatoms. The molecular formula is C13H18N6O. The summed E-state index contributed by atoms with van der Waals surface area (Å²) >= 11 is 0. The largest absolute Gasteiger partial charge is 0.370 e. The van der Waals surface area contributed by atoms with Crippen molar-refractivity contribution in [3.05, 3.63) is 36.0 Å².